The second kappa shape index (κ2) is 5.28. The molecule has 2 aliphatic rings. The van der Waals surface area contributed by atoms with Crippen LogP contribution in [0, 0.1) is 11.8 Å². The first-order valence-electron chi connectivity index (χ1n) is 6.29. The lowest BCUT2D eigenvalue weighted by molar-refractivity contribution is 0.112. The smallest absolute Gasteiger partial charge is 0.0510 e. The quantitative estimate of drug-likeness (QED) is 0.741. The van der Waals surface area contributed by atoms with Gasteiger partial charge in [0.05, 0.1) is 6.61 Å². The molecule has 3 heteroatoms. The van der Waals surface area contributed by atoms with Crippen LogP contribution in [0.25, 0.3) is 0 Å². The lowest BCUT2D eigenvalue weighted by atomic mass is 9.84. The Labute approximate surface area is 93.0 Å². The van der Waals surface area contributed by atoms with Gasteiger partial charge in [-0.2, -0.15) is 0 Å². The van der Waals surface area contributed by atoms with Crippen molar-refractivity contribution >= 4 is 0 Å². The zero-order valence-electron chi connectivity index (χ0n) is 9.82. The summed E-state index contributed by atoms with van der Waals surface area (Å²) in [5.41, 5.74) is 5.89. The highest BCUT2D eigenvalue weighted by atomic mass is 16.5. The molecular weight excluding hydrogens is 188 g/mol. The molecule has 2 unspecified atom stereocenters. The third kappa shape index (κ3) is 2.71. The maximum atomic E-state index is 5.89. The third-order valence-corrected chi connectivity index (χ3v) is 4.09. The van der Waals surface area contributed by atoms with Crippen LogP contribution >= 0.6 is 0 Å². The van der Waals surface area contributed by atoms with E-state index < -0.39 is 0 Å². The van der Waals surface area contributed by atoms with Crippen LogP contribution < -0.4 is 5.73 Å². The van der Waals surface area contributed by atoms with Gasteiger partial charge in [0.15, 0.2) is 0 Å². The van der Waals surface area contributed by atoms with Gasteiger partial charge in [0, 0.05) is 31.7 Å². The van der Waals surface area contributed by atoms with Gasteiger partial charge >= 0.3 is 0 Å². The van der Waals surface area contributed by atoms with E-state index in [9.17, 15) is 0 Å². The third-order valence-electron chi connectivity index (χ3n) is 4.09. The van der Waals surface area contributed by atoms with E-state index in [4.69, 9.17) is 10.5 Å². The average molecular weight is 212 g/mol. The normalized spacial score (nSPS) is 29.4. The molecule has 1 aliphatic heterocycles. The fraction of sp³-hybridized carbons (Fsp3) is 1.00. The van der Waals surface area contributed by atoms with E-state index >= 15 is 0 Å². The molecule has 2 rings (SSSR count). The van der Waals surface area contributed by atoms with Crippen LogP contribution in [-0.2, 0) is 4.74 Å². The fourth-order valence-electron chi connectivity index (χ4n) is 2.81. The predicted octanol–water partition coefficient (Wildman–Crippen LogP) is 1.08. The highest BCUT2D eigenvalue weighted by molar-refractivity contribution is 4.83. The number of nitrogens with two attached hydrogens (primary N) is 1. The number of hydrogen-bond acceptors (Lipinski definition) is 3. The van der Waals surface area contributed by atoms with Gasteiger partial charge in [-0.3, -0.25) is 0 Å². The van der Waals surface area contributed by atoms with Crippen LogP contribution in [0.1, 0.15) is 25.7 Å². The largest absolute Gasteiger partial charge is 0.381 e. The van der Waals surface area contributed by atoms with Crippen molar-refractivity contribution in [2.75, 3.05) is 33.4 Å². The van der Waals surface area contributed by atoms with Crippen LogP contribution in [0.2, 0.25) is 0 Å². The van der Waals surface area contributed by atoms with E-state index in [0.717, 1.165) is 25.7 Å². The molecule has 0 aromatic carbocycles. The van der Waals surface area contributed by atoms with Gasteiger partial charge in [0.25, 0.3) is 0 Å². The lowest BCUT2D eigenvalue weighted by Gasteiger charge is -2.36. The highest BCUT2D eigenvalue weighted by Crippen LogP contribution is 2.28. The first kappa shape index (κ1) is 11.4. The zero-order chi connectivity index (χ0) is 10.7. The van der Waals surface area contributed by atoms with E-state index in [2.05, 4.69) is 11.9 Å². The van der Waals surface area contributed by atoms with Crippen molar-refractivity contribution in [3.05, 3.63) is 0 Å². The fourth-order valence-corrected chi connectivity index (χ4v) is 2.81. The van der Waals surface area contributed by atoms with Crippen LogP contribution in [0.3, 0.4) is 0 Å². The Balaban J connectivity index is 1.80. The van der Waals surface area contributed by atoms with E-state index in [1.165, 1.54) is 32.2 Å². The Morgan fingerprint density at radius 3 is 2.67 bits per heavy atom. The van der Waals surface area contributed by atoms with Crippen molar-refractivity contribution in [2.45, 2.75) is 31.7 Å². The molecule has 88 valence electrons. The minimum absolute atomic E-state index is 0.535. The number of likely N-dealkylation sites (N-methyl/N-ethyl adjacent to an activating group) is 1. The standard InChI is InChI=1S/C12H24N2O/c1-14(8-10-3-2-4-10)12(7-13)11-5-6-15-9-11/h10-12H,2-9,13H2,1H3. The summed E-state index contributed by atoms with van der Waals surface area (Å²) in [6.45, 7) is 3.85. The summed E-state index contributed by atoms with van der Waals surface area (Å²) in [5.74, 6) is 1.60. The molecule has 0 amide bonds. The lowest BCUT2D eigenvalue weighted by Crippen LogP contribution is -2.46. The summed E-state index contributed by atoms with van der Waals surface area (Å²) in [7, 11) is 2.23. The van der Waals surface area contributed by atoms with Gasteiger partial charge in [-0.15, -0.1) is 0 Å². The Hall–Kier alpha value is -0.120. The molecule has 0 aromatic rings. The summed E-state index contributed by atoms with van der Waals surface area (Å²) >= 11 is 0. The second-order valence-electron chi connectivity index (χ2n) is 5.16. The number of nitrogens with zero attached hydrogens (tertiary/aromatic N) is 1. The van der Waals surface area contributed by atoms with Gasteiger partial charge in [0.2, 0.25) is 0 Å². The maximum Gasteiger partial charge on any atom is 0.0510 e. The van der Waals surface area contributed by atoms with E-state index in [1.54, 1.807) is 0 Å². The summed E-state index contributed by atoms with van der Waals surface area (Å²) in [6.07, 6.45) is 5.46. The van der Waals surface area contributed by atoms with Crippen molar-refractivity contribution in [3.8, 4) is 0 Å². The topological polar surface area (TPSA) is 38.5 Å². The Bertz CT molecular complexity index is 188. The monoisotopic (exact) mass is 212 g/mol. The average Bonchev–Trinajstić information content (AvgIpc) is 2.66. The van der Waals surface area contributed by atoms with E-state index in [-0.39, 0.29) is 0 Å². The number of ether oxygens (including phenoxy) is 1. The van der Waals surface area contributed by atoms with E-state index in [0.29, 0.717) is 12.0 Å². The van der Waals surface area contributed by atoms with Crippen LogP contribution in [-0.4, -0.2) is 44.3 Å². The van der Waals surface area contributed by atoms with Gasteiger partial charge in [-0.05, 0) is 32.2 Å². The summed E-state index contributed by atoms with van der Waals surface area (Å²) in [5, 5.41) is 0. The van der Waals surface area contributed by atoms with Crippen LogP contribution in [0.4, 0.5) is 0 Å². The van der Waals surface area contributed by atoms with Gasteiger partial charge < -0.3 is 15.4 Å². The van der Waals surface area contributed by atoms with Crippen molar-refractivity contribution in [3.63, 3.8) is 0 Å². The molecule has 1 saturated heterocycles. The molecule has 0 aromatic heterocycles. The predicted molar refractivity (Wildman–Crippen MR) is 61.7 cm³/mol. The Kier molecular flexibility index (Phi) is 4.00. The molecule has 0 radical (unpaired) electrons. The van der Waals surface area contributed by atoms with Gasteiger partial charge in [-0.25, -0.2) is 0 Å². The molecule has 15 heavy (non-hydrogen) atoms. The summed E-state index contributed by atoms with van der Waals surface area (Å²) in [4.78, 5) is 2.48. The first-order chi connectivity index (χ1) is 7.31. The molecule has 1 heterocycles. The molecule has 2 fully saturated rings. The zero-order valence-corrected chi connectivity index (χ0v) is 9.82. The summed E-state index contributed by atoms with van der Waals surface area (Å²) < 4.78 is 5.45. The molecule has 2 atom stereocenters. The number of hydrogen-bond donors (Lipinski definition) is 1. The van der Waals surface area contributed by atoms with Crippen LogP contribution in [0.5, 0.6) is 0 Å². The summed E-state index contributed by atoms with van der Waals surface area (Å²) in [6, 6.07) is 0.535. The van der Waals surface area contributed by atoms with Crippen molar-refractivity contribution in [2.24, 2.45) is 17.6 Å². The van der Waals surface area contributed by atoms with E-state index in [1.807, 2.05) is 0 Å². The molecule has 1 saturated carbocycles. The van der Waals surface area contributed by atoms with Gasteiger partial charge in [-0.1, -0.05) is 6.42 Å². The molecule has 3 nitrogen and oxygen atoms in total. The number of rotatable bonds is 5. The minimum Gasteiger partial charge on any atom is -0.381 e. The molecular formula is C12H24N2O. The van der Waals surface area contributed by atoms with Gasteiger partial charge in [0.1, 0.15) is 0 Å². The molecule has 2 N–H and O–H groups in total. The maximum absolute atomic E-state index is 5.89. The highest BCUT2D eigenvalue weighted by Gasteiger charge is 2.29. The Morgan fingerprint density at radius 1 is 1.40 bits per heavy atom. The van der Waals surface area contributed by atoms with Crippen molar-refractivity contribution in [1.29, 1.82) is 0 Å². The Morgan fingerprint density at radius 2 is 2.20 bits per heavy atom. The first-order valence-corrected chi connectivity index (χ1v) is 6.29. The molecule has 0 bridgehead atoms. The molecule has 0 spiro atoms. The van der Waals surface area contributed by atoms with Crippen molar-refractivity contribution < 1.29 is 4.74 Å². The minimum atomic E-state index is 0.535. The van der Waals surface area contributed by atoms with Crippen molar-refractivity contribution in [1.82, 2.24) is 4.90 Å². The second-order valence-corrected chi connectivity index (χ2v) is 5.16. The van der Waals surface area contributed by atoms with Crippen LogP contribution in [0.15, 0.2) is 0 Å². The SMILES string of the molecule is CN(CC1CCC1)C(CN)C1CCOC1. The molecule has 1 aliphatic carbocycles.